The Hall–Kier alpha value is -1.25. The van der Waals surface area contributed by atoms with Crippen molar-refractivity contribution < 1.29 is 4.74 Å². The van der Waals surface area contributed by atoms with Gasteiger partial charge in [0, 0.05) is 6.20 Å². The summed E-state index contributed by atoms with van der Waals surface area (Å²) in [5.74, 6) is 1.29. The number of nitrogens with zero attached hydrogens (tertiary/aromatic N) is 1. The summed E-state index contributed by atoms with van der Waals surface area (Å²) >= 11 is 0. The van der Waals surface area contributed by atoms with Crippen LogP contribution in [0.2, 0.25) is 0 Å². The van der Waals surface area contributed by atoms with Crippen LogP contribution in [0.4, 0.5) is 5.69 Å². The van der Waals surface area contributed by atoms with Crippen LogP contribution in [0.25, 0.3) is 0 Å². The first-order valence-corrected chi connectivity index (χ1v) is 6.02. The van der Waals surface area contributed by atoms with E-state index >= 15 is 0 Å². The molecule has 0 saturated heterocycles. The summed E-state index contributed by atoms with van der Waals surface area (Å²) < 4.78 is 5.74. The summed E-state index contributed by atoms with van der Waals surface area (Å²) in [6.45, 7) is 7.33. The molecule has 0 unspecified atom stereocenters. The van der Waals surface area contributed by atoms with E-state index in [1.807, 2.05) is 6.20 Å². The van der Waals surface area contributed by atoms with Crippen molar-refractivity contribution in [2.24, 2.45) is 0 Å². The fourth-order valence-electron chi connectivity index (χ4n) is 2.36. The Bertz CT molecular complexity index is 436. The molecule has 1 aliphatic heterocycles. The van der Waals surface area contributed by atoms with Crippen molar-refractivity contribution in [3.63, 3.8) is 0 Å². The van der Waals surface area contributed by atoms with E-state index in [2.05, 4.69) is 31.1 Å². The third-order valence-electron chi connectivity index (χ3n) is 3.69. The lowest BCUT2D eigenvalue weighted by Gasteiger charge is -2.29. The lowest BCUT2D eigenvalue weighted by molar-refractivity contribution is 0.264. The van der Waals surface area contributed by atoms with Crippen molar-refractivity contribution >= 4 is 5.69 Å². The Kier molecular flexibility index (Phi) is 1.94. The molecular formula is C13H18N2O. The number of fused-ring (bicyclic) bond motifs is 1. The molecule has 3 nitrogen and oxygen atoms in total. The number of hydrogen-bond donors (Lipinski definition) is 1. The largest absolute Gasteiger partial charge is 0.474 e. The maximum Gasteiger partial charge on any atom is 0.237 e. The van der Waals surface area contributed by atoms with E-state index in [1.54, 1.807) is 0 Å². The maximum atomic E-state index is 5.74. The Morgan fingerprint density at radius 1 is 1.44 bits per heavy atom. The number of pyridine rings is 1. The van der Waals surface area contributed by atoms with Crippen LogP contribution in [-0.2, 0) is 0 Å². The molecule has 0 aromatic carbocycles. The molecule has 0 radical (unpaired) electrons. The van der Waals surface area contributed by atoms with E-state index in [1.165, 1.54) is 24.0 Å². The van der Waals surface area contributed by atoms with Gasteiger partial charge in [0.25, 0.3) is 0 Å². The van der Waals surface area contributed by atoms with Crippen molar-refractivity contribution in [3.05, 3.63) is 17.3 Å². The van der Waals surface area contributed by atoms with Crippen molar-refractivity contribution in [2.45, 2.75) is 45.1 Å². The molecular weight excluding hydrogens is 200 g/mol. The monoisotopic (exact) mass is 218 g/mol. The molecule has 2 heterocycles. The van der Waals surface area contributed by atoms with Gasteiger partial charge >= 0.3 is 0 Å². The third-order valence-corrected chi connectivity index (χ3v) is 3.69. The van der Waals surface area contributed by atoms with Gasteiger partial charge in [0.15, 0.2) is 0 Å². The Balaban J connectivity index is 2.05. The highest BCUT2D eigenvalue weighted by atomic mass is 16.5. The average molecular weight is 218 g/mol. The quantitative estimate of drug-likeness (QED) is 0.787. The van der Waals surface area contributed by atoms with E-state index in [0.717, 1.165) is 18.2 Å². The van der Waals surface area contributed by atoms with Gasteiger partial charge in [0.05, 0.1) is 5.54 Å². The first kappa shape index (κ1) is 9.94. The van der Waals surface area contributed by atoms with Crippen molar-refractivity contribution in [3.8, 4) is 5.88 Å². The predicted octanol–water partition coefficient (Wildman–Crippen LogP) is 2.85. The first-order valence-electron chi connectivity index (χ1n) is 6.02. The molecule has 1 aliphatic carbocycles. The van der Waals surface area contributed by atoms with Crippen LogP contribution in [0, 0.1) is 6.92 Å². The Morgan fingerprint density at radius 2 is 2.19 bits per heavy atom. The van der Waals surface area contributed by atoms with Gasteiger partial charge in [0.2, 0.25) is 5.88 Å². The second-order valence-corrected chi connectivity index (χ2v) is 5.37. The lowest BCUT2D eigenvalue weighted by atomic mass is 9.98. The van der Waals surface area contributed by atoms with E-state index in [-0.39, 0.29) is 5.54 Å². The van der Waals surface area contributed by atoms with Gasteiger partial charge in [-0.1, -0.05) is 13.8 Å². The normalized spacial score (nSPS) is 20.2. The molecule has 1 aromatic rings. The van der Waals surface area contributed by atoms with Gasteiger partial charge < -0.3 is 10.1 Å². The Labute approximate surface area is 96.2 Å². The zero-order valence-electron chi connectivity index (χ0n) is 10.1. The minimum atomic E-state index is 0.231. The molecule has 0 amide bonds. The summed E-state index contributed by atoms with van der Waals surface area (Å²) in [6, 6.07) is 0. The number of aromatic nitrogens is 1. The van der Waals surface area contributed by atoms with Crippen LogP contribution in [0.3, 0.4) is 0 Å². The number of nitrogens with one attached hydrogen (secondary N) is 1. The molecule has 16 heavy (non-hydrogen) atoms. The zero-order chi connectivity index (χ0) is 11.3. The van der Waals surface area contributed by atoms with Crippen LogP contribution in [-0.4, -0.2) is 17.1 Å². The molecule has 2 aliphatic rings. The molecule has 1 aromatic heterocycles. The van der Waals surface area contributed by atoms with Crippen LogP contribution in [0.1, 0.15) is 43.7 Å². The molecule has 1 spiro atoms. The SMILES string of the molecule is Cc1c(C(C)C)cnc2c1NC1(CC1)CO2. The second-order valence-electron chi connectivity index (χ2n) is 5.37. The highest BCUT2D eigenvalue weighted by Crippen LogP contribution is 2.46. The summed E-state index contributed by atoms with van der Waals surface area (Å²) in [5, 5.41) is 3.62. The highest BCUT2D eigenvalue weighted by molar-refractivity contribution is 5.64. The smallest absolute Gasteiger partial charge is 0.237 e. The van der Waals surface area contributed by atoms with Crippen molar-refractivity contribution in [2.75, 3.05) is 11.9 Å². The molecule has 86 valence electrons. The zero-order valence-corrected chi connectivity index (χ0v) is 10.1. The van der Waals surface area contributed by atoms with Crippen molar-refractivity contribution in [1.29, 1.82) is 0 Å². The number of rotatable bonds is 1. The van der Waals surface area contributed by atoms with Crippen LogP contribution >= 0.6 is 0 Å². The van der Waals surface area contributed by atoms with Gasteiger partial charge in [0.1, 0.15) is 12.3 Å². The number of ether oxygens (including phenoxy) is 1. The first-order chi connectivity index (χ1) is 7.61. The fraction of sp³-hybridized carbons (Fsp3) is 0.615. The molecule has 1 fully saturated rings. The number of hydrogen-bond acceptors (Lipinski definition) is 3. The third kappa shape index (κ3) is 1.38. The summed E-state index contributed by atoms with van der Waals surface area (Å²) in [4.78, 5) is 4.41. The topological polar surface area (TPSA) is 34.2 Å². The van der Waals surface area contributed by atoms with Gasteiger partial charge in [-0.25, -0.2) is 4.98 Å². The van der Waals surface area contributed by atoms with E-state index in [9.17, 15) is 0 Å². The van der Waals surface area contributed by atoms with E-state index < -0.39 is 0 Å². The Morgan fingerprint density at radius 3 is 2.81 bits per heavy atom. The molecule has 3 heteroatoms. The van der Waals surface area contributed by atoms with Gasteiger partial charge in [-0.2, -0.15) is 0 Å². The molecule has 3 rings (SSSR count). The van der Waals surface area contributed by atoms with Crippen molar-refractivity contribution in [1.82, 2.24) is 4.98 Å². The number of anilines is 1. The fourth-order valence-corrected chi connectivity index (χ4v) is 2.36. The minimum Gasteiger partial charge on any atom is -0.474 e. The van der Waals surface area contributed by atoms with Gasteiger partial charge in [-0.3, -0.25) is 0 Å². The standard InChI is InChI=1S/C13H18N2O/c1-8(2)10-6-14-12-11(9(10)3)15-13(4-5-13)7-16-12/h6,8,15H,4-5,7H2,1-3H3. The molecule has 0 atom stereocenters. The summed E-state index contributed by atoms with van der Waals surface area (Å²) in [5.41, 5.74) is 3.96. The summed E-state index contributed by atoms with van der Waals surface area (Å²) in [6.07, 6.45) is 4.39. The van der Waals surface area contributed by atoms with E-state index in [0.29, 0.717) is 5.92 Å². The van der Waals surface area contributed by atoms with Gasteiger partial charge in [-0.05, 0) is 36.8 Å². The highest BCUT2D eigenvalue weighted by Gasteiger charge is 2.47. The van der Waals surface area contributed by atoms with Crippen LogP contribution in [0.15, 0.2) is 6.20 Å². The van der Waals surface area contributed by atoms with E-state index in [4.69, 9.17) is 4.74 Å². The second kappa shape index (κ2) is 3.12. The van der Waals surface area contributed by atoms with Crippen LogP contribution < -0.4 is 10.1 Å². The maximum absolute atomic E-state index is 5.74. The summed E-state index contributed by atoms with van der Waals surface area (Å²) in [7, 11) is 0. The van der Waals surface area contributed by atoms with Crippen LogP contribution in [0.5, 0.6) is 5.88 Å². The molecule has 1 N–H and O–H groups in total. The van der Waals surface area contributed by atoms with Gasteiger partial charge in [-0.15, -0.1) is 0 Å². The molecule has 1 saturated carbocycles. The predicted molar refractivity (Wildman–Crippen MR) is 64.1 cm³/mol. The average Bonchev–Trinajstić information content (AvgIpc) is 2.99. The molecule has 0 bridgehead atoms. The lowest BCUT2D eigenvalue weighted by Crippen LogP contribution is -2.34. The minimum absolute atomic E-state index is 0.231.